The van der Waals surface area contributed by atoms with Gasteiger partial charge in [0.2, 0.25) is 0 Å². The summed E-state index contributed by atoms with van der Waals surface area (Å²) in [5.41, 5.74) is 10.5. The third-order valence-electron chi connectivity index (χ3n) is 11.5. The molecule has 3 aliphatic heterocycles. The fraction of sp³-hybridized carbons (Fsp3) is 0.439. The van der Waals surface area contributed by atoms with Crippen LogP contribution in [0.2, 0.25) is 0 Å². The van der Waals surface area contributed by atoms with Crippen molar-refractivity contribution in [2.45, 2.75) is 76.3 Å². The first-order chi connectivity index (χ1) is 26.6. The van der Waals surface area contributed by atoms with Gasteiger partial charge in [-0.25, -0.2) is 4.98 Å². The molecule has 3 aliphatic rings. The molecule has 0 unspecified atom stereocenters. The highest BCUT2D eigenvalue weighted by atomic mass is 16.5. The number of nitrogens with one attached hydrogen (secondary N) is 2. The van der Waals surface area contributed by atoms with Gasteiger partial charge in [0.25, 0.3) is 5.91 Å². The lowest BCUT2D eigenvalue weighted by Gasteiger charge is -2.56. The molecule has 7 N–H and O–H groups in total. The summed E-state index contributed by atoms with van der Waals surface area (Å²) in [4.78, 5) is 20.6. The van der Waals surface area contributed by atoms with Crippen molar-refractivity contribution in [1.29, 1.82) is 5.26 Å². The van der Waals surface area contributed by atoms with Crippen molar-refractivity contribution < 1.29 is 39.1 Å². The van der Waals surface area contributed by atoms with Crippen molar-refractivity contribution in [3.05, 3.63) is 75.0 Å². The van der Waals surface area contributed by atoms with Gasteiger partial charge in [0.15, 0.2) is 11.5 Å². The van der Waals surface area contributed by atoms with Crippen LogP contribution in [0.15, 0.2) is 30.3 Å². The number of benzene rings is 3. The Kier molecular flexibility index (Phi) is 10.6. The zero-order valence-electron chi connectivity index (χ0n) is 31.7. The number of aliphatic hydroxyl groups excluding tert-OH is 1. The predicted octanol–water partition coefficient (Wildman–Crippen LogP) is 3.76. The molecule has 0 saturated carbocycles. The number of phenolic OH excluding ortho intramolecular Hbond substituents is 1. The number of nitrogens with two attached hydrogens (primary N) is 1. The highest BCUT2D eigenvalue weighted by Crippen LogP contribution is 2.55. The average Bonchev–Trinajstić information content (AvgIpc) is 3.18. The molecule has 4 aromatic rings. The van der Waals surface area contributed by atoms with Gasteiger partial charge in [0.1, 0.15) is 34.7 Å². The molecule has 1 saturated heterocycles. The number of aromatic nitrogens is 1. The summed E-state index contributed by atoms with van der Waals surface area (Å²) in [6.45, 7) is 4.32. The number of amides is 1. The van der Waals surface area contributed by atoms with E-state index in [9.17, 15) is 25.4 Å². The van der Waals surface area contributed by atoms with Crippen molar-refractivity contribution in [2.75, 3.05) is 41.0 Å². The second-order valence-electron chi connectivity index (χ2n) is 14.3. The number of methoxy groups -OCH3 is 3. The maximum Gasteiger partial charge on any atom is 0.269 e. The Morgan fingerprint density at radius 3 is 2.42 bits per heavy atom. The molecule has 0 spiro atoms. The number of hydrogen-bond donors (Lipinski definition) is 6. The number of carbonyl (C=O) groups is 1. The summed E-state index contributed by atoms with van der Waals surface area (Å²) in [5.74, 6) is 1.55. The van der Waals surface area contributed by atoms with Gasteiger partial charge in [-0.1, -0.05) is 6.07 Å². The van der Waals surface area contributed by atoms with Gasteiger partial charge < -0.3 is 50.6 Å². The summed E-state index contributed by atoms with van der Waals surface area (Å²) < 4.78 is 23.4. The molecule has 2 bridgehead atoms. The maximum absolute atomic E-state index is 13.9. The number of nitriles is 1. The number of unbranched alkanes of at least 4 members (excludes halogenated alkanes) is 1. The lowest BCUT2D eigenvalue weighted by Crippen LogP contribution is -2.68. The monoisotopic (exact) mass is 752 g/mol. The van der Waals surface area contributed by atoms with Gasteiger partial charge in [0.05, 0.1) is 58.2 Å². The van der Waals surface area contributed by atoms with Gasteiger partial charge in [-0.2, -0.15) is 5.26 Å². The van der Waals surface area contributed by atoms with Crippen molar-refractivity contribution in [3.63, 3.8) is 0 Å². The number of phenols is 2. The Balaban J connectivity index is 1.29. The van der Waals surface area contributed by atoms with Crippen molar-refractivity contribution in [3.8, 4) is 40.6 Å². The molecule has 1 amide bonds. The third-order valence-corrected chi connectivity index (χ3v) is 11.5. The molecule has 7 rings (SSSR count). The van der Waals surface area contributed by atoms with Crippen LogP contribution in [0, 0.1) is 25.2 Å². The molecule has 1 aromatic heterocycles. The summed E-state index contributed by atoms with van der Waals surface area (Å²) >= 11 is 0. The lowest BCUT2D eigenvalue weighted by molar-refractivity contribution is -0.00130. The van der Waals surface area contributed by atoms with E-state index in [0.717, 1.165) is 23.8 Å². The molecule has 14 heteroatoms. The highest BCUT2D eigenvalue weighted by Gasteiger charge is 2.54. The van der Waals surface area contributed by atoms with Crippen LogP contribution in [0.5, 0.6) is 34.5 Å². The Labute approximate surface area is 319 Å². The average molecular weight is 753 g/mol. The first kappa shape index (κ1) is 38.0. The van der Waals surface area contributed by atoms with Crippen molar-refractivity contribution >= 4 is 16.8 Å². The molecule has 290 valence electrons. The number of aromatic hydroxyl groups is 2. The Morgan fingerprint density at radius 2 is 1.73 bits per heavy atom. The normalized spacial score (nSPS) is 21.2. The fourth-order valence-corrected chi connectivity index (χ4v) is 9.05. The largest absolute Gasteiger partial charge is 0.507 e. The van der Waals surface area contributed by atoms with E-state index in [-0.39, 0.29) is 23.7 Å². The number of ether oxygens (including phenoxy) is 4. The van der Waals surface area contributed by atoms with E-state index in [1.807, 2.05) is 36.1 Å². The Bertz CT molecular complexity index is 2190. The molecule has 5 atom stereocenters. The summed E-state index contributed by atoms with van der Waals surface area (Å²) in [5, 5.41) is 52.4. The second-order valence-corrected chi connectivity index (χ2v) is 14.3. The summed E-state index contributed by atoms with van der Waals surface area (Å²) in [7, 11) is 4.62. The molecule has 14 nitrogen and oxygen atoms in total. The van der Waals surface area contributed by atoms with Gasteiger partial charge >= 0.3 is 0 Å². The minimum absolute atomic E-state index is 0.00737. The first-order valence-corrected chi connectivity index (χ1v) is 18.5. The summed E-state index contributed by atoms with van der Waals surface area (Å²) in [6, 6.07) is 8.67. The van der Waals surface area contributed by atoms with E-state index < -0.39 is 42.7 Å². The van der Waals surface area contributed by atoms with E-state index in [1.54, 1.807) is 27.2 Å². The number of piperazine rings is 1. The van der Waals surface area contributed by atoms with Crippen LogP contribution < -0.4 is 35.3 Å². The standard InChI is InChI=1S/C41H48N6O8/c1-20-26(19-48)36(49)33-25(38(20)52-3)16-30-35-34-24(39(53-4)21(2)40(54-5)37(34)50)15-29(46-35)31(17-43)47(30)32(33)18-44-41(51)28-10-8-22-14-23(9-11-27(22)45-28)55-13-7-6-12-42/h8-11,14,29-32,35,46,48-50H,6-7,12-13,15-16,18-19,42H2,1-5H3,(H,44,51)/t29-,30+,31+,32+,35-/m1/s1. The van der Waals surface area contributed by atoms with Crippen LogP contribution in [0.25, 0.3) is 10.9 Å². The molecule has 1 fully saturated rings. The van der Waals surface area contributed by atoms with Gasteiger partial charge in [-0.3, -0.25) is 9.69 Å². The summed E-state index contributed by atoms with van der Waals surface area (Å²) in [6.07, 6.45) is 2.42. The van der Waals surface area contributed by atoms with E-state index >= 15 is 0 Å². The second kappa shape index (κ2) is 15.4. The number of pyridine rings is 1. The number of hydrogen-bond acceptors (Lipinski definition) is 13. The predicted molar refractivity (Wildman–Crippen MR) is 204 cm³/mol. The highest BCUT2D eigenvalue weighted by molar-refractivity contribution is 5.95. The molecule has 0 aliphatic carbocycles. The zero-order valence-corrected chi connectivity index (χ0v) is 31.7. The first-order valence-electron chi connectivity index (χ1n) is 18.5. The molecule has 0 radical (unpaired) electrons. The van der Waals surface area contributed by atoms with Crippen LogP contribution >= 0.6 is 0 Å². The van der Waals surface area contributed by atoms with E-state index in [0.29, 0.717) is 87.9 Å². The van der Waals surface area contributed by atoms with E-state index in [1.165, 1.54) is 7.11 Å². The number of aliphatic hydroxyl groups is 1. The lowest BCUT2D eigenvalue weighted by atomic mass is 9.72. The molecule has 3 aromatic carbocycles. The van der Waals surface area contributed by atoms with Crippen LogP contribution in [-0.2, 0) is 19.4 Å². The van der Waals surface area contributed by atoms with Crippen molar-refractivity contribution in [2.24, 2.45) is 5.73 Å². The van der Waals surface area contributed by atoms with E-state index in [4.69, 9.17) is 24.7 Å². The van der Waals surface area contributed by atoms with Crippen molar-refractivity contribution in [1.82, 2.24) is 20.5 Å². The Hall–Kier alpha value is -5.33. The minimum Gasteiger partial charge on any atom is -0.507 e. The third kappa shape index (κ3) is 6.30. The number of fused-ring (bicyclic) bond motifs is 8. The number of carbonyl (C=O) groups excluding carboxylic acids is 1. The number of nitrogens with zero attached hydrogens (tertiary/aromatic N) is 3. The van der Waals surface area contributed by atoms with E-state index in [2.05, 4.69) is 21.7 Å². The fourth-order valence-electron chi connectivity index (χ4n) is 9.05. The van der Waals surface area contributed by atoms with Crippen LogP contribution in [0.1, 0.15) is 74.4 Å². The molecular formula is C41H48N6O8. The van der Waals surface area contributed by atoms with Gasteiger partial charge in [0, 0.05) is 63.0 Å². The minimum atomic E-state index is -0.744. The zero-order chi connectivity index (χ0) is 39.1. The smallest absolute Gasteiger partial charge is 0.269 e. The van der Waals surface area contributed by atoms with Crippen LogP contribution in [-0.4, -0.2) is 90.3 Å². The Morgan fingerprint density at radius 1 is 1.00 bits per heavy atom. The number of rotatable bonds is 12. The van der Waals surface area contributed by atoms with Gasteiger partial charge in [-0.15, -0.1) is 0 Å². The maximum atomic E-state index is 13.9. The quantitative estimate of drug-likeness (QED) is 0.114. The molecule has 55 heavy (non-hydrogen) atoms. The molecule has 4 heterocycles. The SMILES string of the molecule is COc1c(C)c(OC)c2c(c1O)[C@@H]1N[C@H](C2)[C@H](C#N)N2[C@@H](CNC(=O)c3ccc4cc(OCCCCN)ccc4n3)c3c(O)c(CO)c(C)c(OC)c3C[C@@H]12. The van der Waals surface area contributed by atoms with Gasteiger partial charge in [-0.05, 0) is 70.3 Å². The van der Waals surface area contributed by atoms with Crippen LogP contribution in [0.4, 0.5) is 0 Å². The molecular weight excluding hydrogens is 704 g/mol. The topological polar surface area (TPSA) is 205 Å². The van der Waals surface area contributed by atoms with Crippen LogP contribution in [0.3, 0.4) is 0 Å².